The van der Waals surface area contributed by atoms with Crippen LogP contribution in [0.15, 0.2) is 30.7 Å². The Hall–Kier alpha value is -1.60. The lowest BCUT2D eigenvalue weighted by Crippen LogP contribution is -2.23. The van der Waals surface area contributed by atoms with Crippen LogP contribution in [0.1, 0.15) is 0 Å². The van der Waals surface area contributed by atoms with Crippen LogP contribution >= 0.6 is 0 Å². The lowest BCUT2D eigenvalue weighted by atomic mass is 10.6. The third kappa shape index (κ3) is 0.900. The molecule has 0 unspecified atom stereocenters. The number of rotatable bonds is 1. The molecule has 0 N–H and O–H groups in total. The Balaban J connectivity index is 2.89. The quantitative estimate of drug-likeness (QED) is 0.380. The highest BCUT2D eigenvalue weighted by Gasteiger charge is 2.19. The fourth-order valence-electron chi connectivity index (χ4n) is 0.630. The van der Waals surface area contributed by atoms with Gasteiger partial charge in [-0.3, -0.25) is 9.59 Å². The molecule has 1 aliphatic heterocycles. The first-order valence-electron chi connectivity index (χ1n) is 2.67. The maximum absolute atomic E-state index is 10.7. The van der Waals surface area contributed by atoms with E-state index in [0.29, 0.717) is 0 Å². The van der Waals surface area contributed by atoms with Crippen molar-refractivity contribution in [3.63, 3.8) is 0 Å². The average Bonchev–Trinajstić information content (AvgIpc) is 2.20. The number of carbonyl (C=O) groups excluding carboxylic acids is 2. The Bertz CT molecular complexity index is 241. The largest absolute Gasteiger partial charge is 0.269 e. The molecule has 1 aliphatic rings. The Morgan fingerprint density at radius 1 is 1.40 bits per heavy atom. The van der Waals surface area contributed by atoms with Crippen LogP contribution in [0.25, 0.3) is 0 Å². The third-order valence-corrected chi connectivity index (χ3v) is 1.06. The second-order valence-corrected chi connectivity index (χ2v) is 1.71. The Kier molecular flexibility index (Phi) is 1.52. The Morgan fingerprint density at radius 2 is 1.90 bits per heavy atom. The number of nitrogens with zero attached hydrogens (tertiary/aromatic N) is 1. The van der Waals surface area contributed by atoms with Gasteiger partial charge >= 0.3 is 0 Å². The minimum Gasteiger partial charge on any atom is -0.269 e. The molecule has 0 spiro atoms. The van der Waals surface area contributed by atoms with Crippen molar-refractivity contribution in [3.05, 3.63) is 30.7 Å². The summed E-state index contributed by atoms with van der Waals surface area (Å²) in [5.74, 6) is -0.692. The van der Waals surface area contributed by atoms with E-state index in [2.05, 4.69) is 12.3 Å². The van der Waals surface area contributed by atoms with Gasteiger partial charge in [-0.15, -0.1) is 5.73 Å². The first-order chi connectivity index (χ1) is 4.75. The molecule has 0 aromatic heterocycles. The molecule has 1 heterocycles. The highest BCUT2D eigenvalue weighted by molar-refractivity contribution is 6.13. The molecular weight excluding hydrogens is 130 g/mol. The van der Waals surface area contributed by atoms with Gasteiger partial charge in [0.1, 0.15) is 0 Å². The van der Waals surface area contributed by atoms with Crippen molar-refractivity contribution in [2.24, 2.45) is 0 Å². The molecule has 2 amide bonds. The highest BCUT2D eigenvalue weighted by atomic mass is 16.2. The van der Waals surface area contributed by atoms with Gasteiger partial charge in [0.15, 0.2) is 0 Å². The van der Waals surface area contributed by atoms with Crippen molar-refractivity contribution >= 4 is 11.8 Å². The number of hydrogen-bond donors (Lipinski definition) is 0. The molecule has 0 fully saturated rings. The number of hydrogen-bond acceptors (Lipinski definition) is 2. The van der Waals surface area contributed by atoms with Gasteiger partial charge in [0.05, 0.1) is 6.20 Å². The van der Waals surface area contributed by atoms with Crippen LogP contribution in [0.2, 0.25) is 0 Å². The van der Waals surface area contributed by atoms with Crippen molar-refractivity contribution in [3.8, 4) is 0 Å². The van der Waals surface area contributed by atoms with Gasteiger partial charge in [0, 0.05) is 12.2 Å². The van der Waals surface area contributed by atoms with E-state index in [1.54, 1.807) is 0 Å². The summed E-state index contributed by atoms with van der Waals surface area (Å²) in [5.41, 5.74) is 2.34. The van der Waals surface area contributed by atoms with Crippen LogP contribution in [0, 0.1) is 0 Å². The molecule has 3 heteroatoms. The molecule has 50 valence electrons. The molecule has 0 bridgehead atoms. The normalized spacial score (nSPS) is 15.8. The van der Waals surface area contributed by atoms with Crippen LogP contribution in [-0.2, 0) is 9.59 Å². The maximum Gasteiger partial charge on any atom is 0.258 e. The molecular formula is C7H5NO2. The van der Waals surface area contributed by atoms with Crippen molar-refractivity contribution in [1.82, 2.24) is 4.90 Å². The predicted octanol–water partition coefficient (Wildman–Crippen LogP) is 0.210. The second kappa shape index (κ2) is 2.33. The molecule has 10 heavy (non-hydrogen) atoms. The number of imide groups is 1. The van der Waals surface area contributed by atoms with Crippen LogP contribution < -0.4 is 0 Å². The van der Waals surface area contributed by atoms with Gasteiger partial charge in [0.25, 0.3) is 11.8 Å². The Morgan fingerprint density at radius 3 is 2.30 bits per heavy atom. The first-order valence-corrected chi connectivity index (χ1v) is 2.67. The SMILES string of the molecule is C=C=CN1C(=O)C=CC1=O. The monoisotopic (exact) mass is 135 g/mol. The molecule has 0 saturated carbocycles. The second-order valence-electron chi connectivity index (χ2n) is 1.71. The maximum atomic E-state index is 10.7. The van der Waals surface area contributed by atoms with Gasteiger partial charge in [0.2, 0.25) is 0 Å². The molecule has 0 aromatic carbocycles. The zero-order chi connectivity index (χ0) is 7.56. The molecule has 0 radical (unpaired) electrons. The first kappa shape index (κ1) is 6.52. The topological polar surface area (TPSA) is 37.4 Å². The van der Waals surface area contributed by atoms with Crippen LogP contribution in [0.3, 0.4) is 0 Å². The fraction of sp³-hybridized carbons (Fsp3) is 0. The fourth-order valence-corrected chi connectivity index (χ4v) is 0.630. The van der Waals surface area contributed by atoms with Crippen molar-refractivity contribution in [2.45, 2.75) is 0 Å². The molecule has 0 atom stereocenters. The summed E-state index contributed by atoms with van der Waals surface area (Å²) in [4.78, 5) is 22.3. The van der Waals surface area contributed by atoms with Gasteiger partial charge in [-0.05, 0) is 0 Å². The van der Waals surface area contributed by atoms with E-state index in [1.165, 1.54) is 18.4 Å². The molecule has 3 nitrogen and oxygen atoms in total. The number of carbonyl (C=O) groups is 2. The lowest BCUT2D eigenvalue weighted by molar-refractivity contribution is -0.133. The summed E-state index contributed by atoms with van der Waals surface area (Å²) in [6, 6.07) is 0. The molecule has 1 rings (SSSR count). The minimum absolute atomic E-state index is 0.346. The van der Waals surface area contributed by atoms with E-state index < -0.39 is 0 Å². The Labute approximate surface area is 57.9 Å². The van der Waals surface area contributed by atoms with E-state index in [4.69, 9.17) is 0 Å². The third-order valence-electron chi connectivity index (χ3n) is 1.06. The highest BCUT2D eigenvalue weighted by Crippen LogP contribution is 2.02. The zero-order valence-electron chi connectivity index (χ0n) is 5.20. The van der Waals surface area contributed by atoms with E-state index in [0.717, 1.165) is 4.90 Å². The molecule has 0 saturated heterocycles. The smallest absolute Gasteiger partial charge is 0.258 e. The van der Waals surface area contributed by atoms with Crippen LogP contribution in [0.5, 0.6) is 0 Å². The molecule has 0 aromatic rings. The number of amides is 2. The van der Waals surface area contributed by atoms with E-state index in [9.17, 15) is 9.59 Å². The van der Waals surface area contributed by atoms with E-state index in [-0.39, 0.29) is 11.8 Å². The summed E-state index contributed by atoms with van der Waals surface area (Å²) in [6.07, 6.45) is 3.62. The zero-order valence-corrected chi connectivity index (χ0v) is 5.20. The standard InChI is InChI=1S/C7H5NO2/c1-2-5-8-6(9)3-4-7(8)10/h3-5H,1H2. The van der Waals surface area contributed by atoms with Gasteiger partial charge in [-0.1, -0.05) is 6.58 Å². The summed E-state index contributed by atoms with van der Waals surface area (Å²) in [7, 11) is 0. The minimum atomic E-state index is -0.346. The van der Waals surface area contributed by atoms with Crippen LogP contribution in [0.4, 0.5) is 0 Å². The van der Waals surface area contributed by atoms with Gasteiger partial charge < -0.3 is 0 Å². The van der Waals surface area contributed by atoms with Gasteiger partial charge in [-0.2, -0.15) is 0 Å². The summed E-state index contributed by atoms with van der Waals surface area (Å²) in [5, 5.41) is 0. The van der Waals surface area contributed by atoms with E-state index in [1.807, 2.05) is 0 Å². The lowest BCUT2D eigenvalue weighted by Gasteiger charge is -2.03. The average molecular weight is 135 g/mol. The van der Waals surface area contributed by atoms with Crippen molar-refractivity contribution in [1.29, 1.82) is 0 Å². The summed E-state index contributed by atoms with van der Waals surface area (Å²) >= 11 is 0. The van der Waals surface area contributed by atoms with Gasteiger partial charge in [-0.25, -0.2) is 4.90 Å². The summed E-state index contributed by atoms with van der Waals surface area (Å²) < 4.78 is 0. The van der Waals surface area contributed by atoms with E-state index >= 15 is 0 Å². The predicted molar refractivity (Wildman–Crippen MR) is 34.7 cm³/mol. The van der Waals surface area contributed by atoms with Crippen LogP contribution in [-0.4, -0.2) is 16.7 Å². The molecule has 0 aliphatic carbocycles. The van der Waals surface area contributed by atoms with Crippen molar-refractivity contribution in [2.75, 3.05) is 0 Å². The summed E-state index contributed by atoms with van der Waals surface area (Å²) in [6.45, 7) is 3.24. The van der Waals surface area contributed by atoms with Crippen molar-refractivity contribution < 1.29 is 9.59 Å².